The maximum absolute atomic E-state index is 13.5. The number of nitrogens with zero attached hydrogens (tertiary/aromatic N) is 1. The van der Waals surface area contributed by atoms with E-state index < -0.39 is 53.6 Å². The summed E-state index contributed by atoms with van der Waals surface area (Å²) in [5.41, 5.74) is -1.50. The van der Waals surface area contributed by atoms with Crippen LogP contribution >= 0.6 is 0 Å². The highest BCUT2D eigenvalue weighted by atomic mass is 16.6. The van der Waals surface area contributed by atoms with Crippen molar-refractivity contribution < 1.29 is 53.8 Å². The zero-order valence-electron chi connectivity index (χ0n) is 30.7. The van der Waals surface area contributed by atoms with Gasteiger partial charge in [-0.3, -0.25) is 9.59 Å². The van der Waals surface area contributed by atoms with Gasteiger partial charge in [0.25, 0.3) is 0 Å². The molecule has 0 unspecified atom stereocenters. The Bertz CT molecular complexity index is 1240. The lowest BCUT2D eigenvalue weighted by atomic mass is 9.88. The summed E-state index contributed by atoms with van der Waals surface area (Å²) in [5, 5.41) is 44.3. The first-order valence-electron chi connectivity index (χ1n) is 17.9. The molecule has 51 heavy (non-hydrogen) atoms. The highest BCUT2D eigenvalue weighted by Crippen LogP contribution is 2.37. The maximum Gasteiger partial charge on any atom is 0.410 e. The van der Waals surface area contributed by atoms with E-state index in [-0.39, 0.29) is 63.2 Å². The SMILES string of the molecule is C.CC[C@H](O)[C@@H](C)[C@H]1O[C@@H]1C[C@@](C)(O)/C=C/C=C(\C)[C@H]1OC(=O)C[C@H](O)CC[C@@](C)(OC)[C@@H](OC(=O)N2CCN[C@@H](CCC(=O)O)C2)/C=C/[C@@H]1C. The van der Waals surface area contributed by atoms with Gasteiger partial charge in [-0.25, -0.2) is 4.79 Å². The van der Waals surface area contributed by atoms with Gasteiger partial charge in [-0.2, -0.15) is 0 Å². The van der Waals surface area contributed by atoms with E-state index in [1.807, 2.05) is 33.8 Å². The summed E-state index contributed by atoms with van der Waals surface area (Å²) in [5.74, 6) is -1.85. The molecular weight excluding hydrogens is 660 g/mol. The molecular formula is C38H64N2O11. The summed E-state index contributed by atoms with van der Waals surface area (Å²) in [4.78, 5) is 39.0. The molecule has 11 atom stereocenters. The average molecular weight is 725 g/mol. The number of ether oxygens (including phenoxy) is 4. The lowest BCUT2D eigenvalue weighted by Gasteiger charge is -2.38. The first-order valence-corrected chi connectivity index (χ1v) is 17.9. The molecule has 2 fully saturated rings. The van der Waals surface area contributed by atoms with E-state index in [0.717, 1.165) is 0 Å². The quantitative estimate of drug-likeness (QED) is 0.0792. The smallest absolute Gasteiger partial charge is 0.410 e. The number of carbonyl (C=O) groups excluding carboxylic acids is 2. The van der Waals surface area contributed by atoms with Crippen LogP contribution in [0.5, 0.6) is 0 Å². The fourth-order valence-corrected chi connectivity index (χ4v) is 6.67. The van der Waals surface area contributed by atoms with Gasteiger partial charge in [0.2, 0.25) is 0 Å². The van der Waals surface area contributed by atoms with Crippen LogP contribution in [0.4, 0.5) is 4.79 Å². The molecule has 0 radical (unpaired) electrons. The Balaban J connectivity index is 0.00000901. The van der Waals surface area contributed by atoms with Crippen LogP contribution in [-0.2, 0) is 28.5 Å². The lowest BCUT2D eigenvalue weighted by Crippen LogP contribution is -2.54. The Morgan fingerprint density at radius 1 is 1.29 bits per heavy atom. The molecule has 13 nitrogen and oxygen atoms in total. The van der Waals surface area contributed by atoms with Gasteiger partial charge in [-0.1, -0.05) is 52.5 Å². The number of rotatable bonds is 13. The number of hydrogen-bond acceptors (Lipinski definition) is 11. The number of carbonyl (C=O) groups is 3. The predicted molar refractivity (Wildman–Crippen MR) is 193 cm³/mol. The molecule has 1 amide bonds. The lowest BCUT2D eigenvalue weighted by molar-refractivity contribution is -0.151. The Labute approximate surface area is 304 Å². The number of methoxy groups -OCH3 is 1. The number of cyclic esters (lactones) is 1. The van der Waals surface area contributed by atoms with Crippen LogP contribution in [0.15, 0.2) is 36.0 Å². The molecule has 2 saturated heterocycles. The summed E-state index contributed by atoms with van der Waals surface area (Å²) in [7, 11) is 1.51. The third-order valence-corrected chi connectivity index (χ3v) is 10.3. The number of aliphatic hydroxyl groups is 3. The molecule has 3 aliphatic heterocycles. The fraction of sp³-hybridized carbons (Fsp3) is 0.763. The number of epoxide rings is 1. The summed E-state index contributed by atoms with van der Waals surface area (Å²) in [6.07, 6.45) is 6.52. The zero-order chi connectivity index (χ0) is 37.2. The summed E-state index contributed by atoms with van der Waals surface area (Å²) in [6.45, 7) is 12.3. The van der Waals surface area contributed by atoms with Crippen LogP contribution in [0.1, 0.15) is 93.9 Å². The van der Waals surface area contributed by atoms with E-state index in [1.54, 1.807) is 43.1 Å². The van der Waals surface area contributed by atoms with Crippen molar-refractivity contribution in [3.05, 3.63) is 36.0 Å². The number of amides is 1. The topological polar surface area (TPSA) is 188 Å². The van der Waals surface area contributed by atoms with Crippen LogP contribution in [0, 0.1) is 11.8 Å². The van der Waals surface area contributed by atoms with Gasteiger partial charge in [-0.05, 0) is 58.1 Å². The van der Waals surface area contributed by atoms with Crippen LogP contribution in [0.25, 0.3) is 0 Å². The van der Waals surface area contributed by atoms with Crippen molar-refractivity contribution in [2.24, 2.45) is 11.8 Å². The number of esters is 1. The second kappa shape index (κ2) is 19.9. The Morgan fingerprint density at radius 3 is 2.65 bits per heavy atom. The highest BCUT2D eigenvalue weighted by molar-refractivity contribution is 5.70. The number of carboxylic acid groups (broad SMARTS) is 1. The molecule has 0 aromatic carbocycles. The number of aliphatic carboxylic acids is 1. The minimum Gasteiger partial charge on any atom is -0.481 e. The third-order valence-electron chi connectivity index (χ3n) is 10.3. The van der Waals surface area contributed by atoms with Crippen molar-refractivity contribution >= 4 is 18.0 Å². The molecule has 0 aromatic rings. The van der Waals surface area contributed by atoms with Gasteiger partial charge in [0.15, 0.2) is 6.10 Å². The van der Waals surface area contributed by atoms with Gasteiger partial charge >= 0.3 is 18.0 Å². The average Bonchev–Trinajstić information content (AvgIpc) is 3.83. The molecule has 3 heterocycles. The molecule has 292 valence electrons. The van der Waals surface area contributed by atoms with Crippen LogP contribution in [0.3, 0.4) is 0 Å². The summed E-state index contributed by atoms with van der Waals surface area (Å²) >= 11 is 0. The predicted octanol–water partition coefficient (Wildman–Crippen LogP) is 4.14. The highest BCUT2D eigenvalue weighted by Gasteiger charge is 2.47. The molecule has 0 aliphatic carbocycles. The maximum atomic E-state index is 13.5. The molecule has 5 N–H and O–H groups in total. The molecule has 0 saturated carbocycles. The summed E-state index contributed by atoms with van der Waals surface area (Å²) < 4.78 is 23.6. The first kappa shape index (κ1) is 44.4. The minimum atomic E-state index is -1.17. The number of carboxylic acids is 1. The summed E-state index contributed by atoms with van der Waals surface area (Å²) in [6, 6.07) is -0.173. The van der Waals surface area contributed by atoms with Crippen LogP contribution in [0.2, 0.25) is 0 Å². The first-order chi connectivity index (χ1) is 23.5. The van der Waals surface area contributed by atoms with E-state index in [0.29, 0.717) is 44.5 Å². The van der Waals surface area contributed by atoms with Crippen LogP contribution < -0.4 is 5.32 Å². The molecule has 0 aromatic heterocycles. The normalized spacial score (nSPS) is 33.8. The van der Waals surface area contributed by atoms with E-state index >= 15 is 0 Å². The van der Waals surface area contributed by atoms with Crippen molar-refractivity contribution in [2.75, 3.05) is 26.7 Å². The molecule has 3 aliphatic rings. The Kier molecular flexibility index (Phi) is 17.3. The number of allylic oxidation sites excluding steroid dienone is 2. The second-order valence-electron chi connectivity index (χ2n) is 14.7. The Hall–Kier alpha value is -2.81. The largest absolute Gasteiger partial charge is 0.481 e. The van der Waals surface area contributed by atoms with Gasteiger partial charge in [0, 0.05) is 57.5 Å². The third kappa shape index (κ3) is 13.6. The van der Waals surface area contributed by atoms with Crippen molar-refractivity contribution in [2.45, 2.75) is 148 Å². The van der Waals surface area contributed by atoms with Gasteiger partial charge in [0.1, 0.15) is 11.7 Å². The van der Waals surface area contributed by atoms with Crippen LogP contribution in [-0.4, -0.2) is 124 Å². The number of hydrogen-bond donors (Lipinski definition) is 5. The molecule has 3 rings (SSSR count). The van der Waals surface area contributed by atoms with Gasteiger partial charge < -0.3 is 49.6 Å². The van der Waals surface area contributed by atoms with E-state index in [2.05, 4.69) is 5.32 Å². The van der Waals surface area contributed by atoms with Crippen molar-refractivity contribution in [1.82, 2.24) is 10.2 Å². The number of piperazine rings is 1. The van der Waals surface area contributed by atoms with E-state index in [4.69, 9.17) is 24.1 Å². The van der Waals surface area contributed by atoms with Crippen molar-refractivity contribution in [3.63, 3.8) is 0 Å². The monoisotopic (exact) mass is 724 g/mol. The molecule has 0 spiro atoms. The zero-order valence-corrected chi connectivity index (χ0v) is 30.7. The molecule has 13 heteroatoms. The van der Waals surface area contributed by atoms with Crippen molar-refractivity contribution in [3.8, 4) is 0 Å². The Morgan fingerprint density at radius 2 is 2.00 bits per heavy atom. The van der Waals surface area contributed by atoms with Gasteiger partial charge in [-0.15, -0.1) is 0 Å². The number of aliphatic hydroxyl groups excluding tert-OH is 2. The van der Waals surface area contributed by atoms with E-state index in [9.17, 15) is 29.7 Å². The van der Waals surface area contributed by atoms with Gasteiger partial charge in [0.05, 0.1) is 36.4 Å². The fourth-order valence-electron chi connectivity index (χ4n) is 6.67. The standard InChI is InChI=1S/C37H60N2O11.CH4/c1-8-28(41)25(4)34-29(48-34)21-36(5,46)16-9-10-23(2)33-24(3)11-13-30(37(6,47-7)17-15-27(40)20-32(44)50-33)49-35(45)39-19-18-38-26(22-39)12-14-31(42)43;/h9-11,13,16,24-30,33-34,38,40-41,46H,8,12,14-15,17-22H2,1-7H3,(H,42,43);1H4/b13-11+,16-9+,23-10+;/t24-,25+,26-,27+,28-,29+,30-,33+,34+,36-,37+;/m0./s1. The number of nitrogens with one attached hydrogen (secondary N) is 1. The van der Waals surface area contributed by atoms with E-state index in [1.165, 1.54) is 7.11 Å². The molecule has 0 bridgehead atoms. The minimum absolute atomic E-state index is 0. The van der Waals surface area contributed by atoms with Crippen molar-refractivity contribution in [1.29, 1.82) is 0 Å². The second-order valence-corrected chi connectivity index (χ2v) is 14.7.